The molecule has 0 aliphatic carbocycles. The second-order valence-corrected chi connectivity index (χ2v) is 5.28. The second-order valence-electron chi connectivity index (χ2n) is 5.28. The number of hydrogen-bond acceptors (Lipinski definition) is 3. The van der Waals surface area contributed by atoms with Crippen molar-refractivity contribution in [2.75, 3.05) is 29.9 Å². The Morgan fingerprint density at radius 2 is 2.10 bits per heavy atom. The predicted molar refractivity (Wildman–Crippen MR) is 81.2 cm³/mol. The SMILES string of the molecule is CC(CO)NC(=O)Nc1cccc(N2CCCCC2)c1. The van der Waals surface area contributed by atoms with Crippen molar-refractivity contribution < 1.29 is 9.90 Å². The summed E-state index contributed by atoms with van der Waals surface area (Å²) >= 11 is 0. The Hall–Kier alpha value is -1.75. The van der Waals surface area contributed by atoms with E-state index in [4.69, 9.17) is 5.11 Å². The first-order valence-electron chi connectivity index (χ1n) is 7.22. The van der Waals surface area contributed by atoms with Crippen LogP contribution in [0, 0.1) is 0 Å². The summed E-state index contributed by atoms with van der Waals surface area (Å²) in [4.78, 5) is 14.1. The normalized spacial score (nSPS) is 16.6. The highest BCUT2D eigenvalue weighted by molar-refractivity contribution is 5.90. The lowest BCUT2D eigenvalue weighted by Crippen LogP contribution is -2.38. The number of amides is 2. The van der Waals surface area contributed by atoms with E-state index in [1.807, 2.05) is 18.2 Å². The van der Waals surface area contributed by atoms with Gasteiger partial charge in [0.05, 0.1) is 12.6 Å². The zero-order valence-electron chi connectivity index (χ0n) is 11.9. The van der Waals surface area contributed by atoms with Gasteiger partial charge in [0.25, 0.3) is 0 Å². The number of carbonyl (C=O) groups excluding carboxylic acids is 1. The van der Waals surface area contributed by atoms with Crippen molar-refractivity contribution in [3.05, 3.63) is 24.3 Å². The summed E-state index contributed by atoms with van der Waals surface area (Å²) in [5.74, 6) is 0. The Balaban J connectivity index is 1.96. The third-order valence-corrected chi connectivity index (χ3v) is 3.48. The minimum absolute atomic E-state index is 0.0682. The summed E-state index contributed by atoms with van der Waals surface area (Å²) in [6, 6.07) is 7.35. The number of benzene rings is 1. The van der Waals surface area contributed by atoms with Crippen LogP contribution in [-0.4, -0.2) is 36.9 Å². The highest BCUT2D eigenvalue weighted by Crippen LogP contribution is 2.22. The van der Waals surface area contributed by atoms with Gasteiger partial charge in [-0.1, -0.05) is 6.07 Å². The summed E-state index contributed by atoms with van der Waals surface area (Å²) in [7, 11) is 0. The third kappa shape index (κ3) is 4.13. The molecule has 1 atom stereocenters. The maximum atomic E-state index is 11.7. The highest BCUT2D eigenvalue weighted by atomic mass is 16.3. The number of urea groups is 1. The lowest BCUT2D eigenvalue weighted by Gasteiger charge is -2.29. The lowest BCUT2D eigenvalue weighted by atomic mass is 10.1. The van der Waals surface area contributed by atoms with Gasteiger partial charge in [0, 0.05) is 24.5 Å². The molecule has 0 spiro atoms. The maximum Gasteiger partial charge on any atom is 0.319 e. The Kier molecular flexibility index (Phi) is 5.24. The van der Waals surface area contributed by atoms with E-state index >= 15 is 0 Å². The molecule has 1 fully saturated rings. The van der Waals surface area contributed by atoms with Crippen molar-refractivity contribution in [1.29, 1.82) is 0 Å². The van der Waals surface area contributed by atoms with Gasteiger partial charge in [0.1, 0.15) is 0 Å². The molecule has 1 aromatic carbocycles. The Morgan fingerprint density at radius 3 is 2.80 bits per heavy atom. The van der Waals surface area contributed by atoms with Crippen LogP contribution in [-0.2, 0) is 0 Å². The van der Waals surface area contributed by atoms with Crippen LogP contribution < -0.4 is 15.5 Å². The summed E-state index contributed by atoms with van der Waals surface area (Å²) in [6.45, 7) is 3.85. The number of nitrogens with zero attached hydrogens (tertiary/aromatic N) is 1. The Labute approximate surface area is 120 Å². The first-order chi connectivity index (χ1) is 9.69. The molecule has 5 heteroatoms. The van der Waals surface area contributed by atoms with Crippen LogP contribution in [0.5, 0.6) is 0 Å². The average molecular weight is 277 g/mol. The number of anilines is 2. The molecule has 1 heterocycles. The number of carbonyl (C=O) groups is 1. The average Bonchev–Trinajstić information content (AvgIpc) is 2.48. The molecule has 1 aliphatic heterocycles. The number of hydrogen-bond donors (Lipinski definition) is 3. The van der Waals surface area contributed by atoms with Gasteiger partial charge in [-0.3, -0.25) is 0 Å². The van der Waals surface area contributed by atoms with Crippen LogP contribution >= 0.6 is 0 Å². The van der Waals surface area contributed by atoms with Crippen LogP contribution in [0.3, 0.4) is 0 Å². The number of aliphatic hydroxyl groups is 1. The van der Waals surface area contributed by atoms with Crippen LogP contribution in [0.2, 0.25) is 0 Å². The summed E-state index contributed by atoms with van der Waals surface area (Å²) in [5.41, 5.74) is 1.92. The Bertz CT molecular complexity index is 444. The molecule has 0 aromatic heterocycles. The maximum absolute atomic E-state index is 11.7. The Morgan fingerprint density at radius 1 is 1.35 bits per heavy atom. The van der Waals surface area contributed by atoms with E-state index < -0.39 is 0 Å². The third-order valence-electron chi connectivity index (χ3n) is 3.48. The van der Waals surface area contributed by atoms with Crippen molar-refractivity contribution in [2.24, 2.45) is 0 Å². The molecule has 5 nitrogen and oxygen atoms in total. The molecular weight excluding hydrogens is 254 g/mol. The largest absolute Gasteiger partial charge is 0.394 e. The van der Waals surface area contributed by atoms with E-state index in [0.29, 0.717) is 0 Å². The molecule has 3 N–H and O–H groups in total. The smallest absolute Gasteiger partial charge is 0.319 e. The fourth-order valence-electron chi connectivity index (χ4n) is 2.37. The van der Waals surface area contributed by atoms with Gasteiger partial charge in [0.2, 0.25) is 0 Å². The minimum atomic E-state index is -0.289. The lowest BCUT2D eigenvalue weighted by molar-refractivity contribution is 0.229. The van der Waals surface area contributed by atoms with Crippen LogP contribution in [0.15, 0.2) is 24.3 Å². The summed E-state index contributed by atoms with van der Waals surface area (Å²) in [6.07, 6.45) is 3.76. The van der Waals surface area contributed by atoms with Gasteiger partial charge < -0.3 is 20.6 Å². The molecule has 1 saturated heterocycles. The molecule has 0 saturated carbocycles. The highest BCUT2D eigenvalue weighted by Gasteiger charge is 2.12. The number of piperidine rings is 1. The molecule has 1 unspecified atom stereocenters. The zero-order valence-corrected chi connectivity index (χ0v) is 11.9. The molecule has 0 radical (unpaired) electrons. The van der Waals surface area contributed by atoms with Gasteiger partial charge in [0.15, 0.2) is 0 Å². The molecule has 0 bridgehead atoms. The minimum Gasteiger partial charge on any atom is -0.394 e. The van der Waals surface area contributed by atoms with E-state index in [1.54, 1.807) is 6.92 Å². The van der Waals surface area contributed by atoms with Crippen LogP contribution in [0.1, 0.15) is 26.2 Å². The van der Waals surface area contributed by atoms with Crippen LogP contribution in [0.25, 0.3) is 0 Å². The van der Waals surface area contributed by atoms with E-state index in [0.717, 1.165) is 24.5 Å². The fourth-order valence-corrected chi connectivity index (χ4v) is 2.37. The van der Waals surface area contributed by atoms with Gasteiger partial charge in [-0.15, -0.1) is 0 Å². The first-order valence-corrected chi connectivity index (χ1v) is 7.22. The molecule has 1 aliphatic rings. The van der Waals surface area contributed by atoms with Crippen molar-refractivity contribution in [3.8, 4) is 0 Å². The monoisotopic (exact) mass is 277 g/mol. The van der Waals surface area contributed by atoms with Crippen molar-refractivity contribution in [2.45, 2.75) is 32.2 Å². The van der Waals surface area contributed by atoms with Crippen molar-refractivity contribution in [1.82, 2.24) is 5.32 Å². The summed E-state index contributed by atoms with van der Waals surface area (Å²) < 4.78 is 0. The van der Waals surface area contributed by atoms with Gasteiger partial charge >= 0.3 is 6.03 Å². The van der Waals surface area contributed by atoms with Crippen molar-refractivity contribution in [3.63, 3.8) is 0 Å². The number of rotatable bonds is 4. The van der Waals surface area contributed by atoms with Gasteiger partial charge in [-0.25, -0.2) is 4.79 Å². The van der Waals surface area contributed by atoms with E-state index in [2.05, 4.69) is 21.6 Å². The molecule has 110 valence electrons. The van der Waals surface area contributed by atoms with Gasteiger partial charge in [-0.05, 0) is 44.4 Å². The van der Waals surface area contributed by atoms with Crippen molar-refractivity contribution >= 4 is 17.4 Å². The number of aliphatic hydroxyl groups excluding tert-OH is 1. The van der Waals surface area contributed by atoms with Gasteiger partial charge in [-0.2, -0.15) is 0 Å². The van der Waals surface area contributed by atoms with Crippen LogP contribution in [0.4, 0.5) is 16.2 Å². The number of nitrogens with one attached hydrogen (secondary N) is 2. The molecule has 2 amide bonds. The topological polar surface area (TPSA) is 64.6 Å². The fraction of sp³-hybridized carbons (Fsp3) is 0.533. The zero-order chi connectivity index (χ0) is 14.4. The molecule has 20 heavy (non-hydrogen) atoms. The summed E-state index contributed by atoms with van der Waals surface area (Å²) in [5, 5.41) is 14.4. The molecule has 2 rings (SSSR count). The molecular formula is C15H23N3O2. The first kappa shape index (κ1) is 14.7. The standard InChI is InChI=1S/C15H23N3O2/c1-12(11-19)16-15(20)17-13-6-5-7-14(10-13)18-8-3-2-4-9-18/h5-7,10,12,19H,2-4,8-9,11H2,1H3,(H2,16,17,20). The van der Waals surface area contributed by atoms with E-state index in [9.17, 15) is 4.79 Å². The molecule has 1 aromatic rings. The predicted octanol–water partition coefficient (Wildman–Crippen LogP) is 2.18. The van der Waals surface area contributed by atoms with E-state index in [1.165, 1.54) is 19.3 Å². The quantitative estimate of drug-likeness (QED) is 0.790. The second kappa shape index (κ2) is 7.14. The van der Waals surface area contributed by atoms with E-state index in [-0.39, 0.29) is 18.7 Å².